The molecule has 0 fully saturated rings. The van der Waals surface area contributed by atoms with Crippen LogP contribution in [0.3, 0.4) is 0 Å². The standard InChI is InChI=1S/C19H24N4O4.4ClH/c20-12-4-8-14(9-5-12)22-16(18(24)25)2-1-3-17(19(26)27)23-15-10-6-13(21)7-11-15;;;;/h4-11,16-17,22-23H,1-3,20-21H2,(H,24,25)(H,26,27);4*1H. The molecule has 8 N–H and O–H groups in total. The van der Waals surface area contributed by atoms with Gasteiger partial charge in [-0.2, -0.15) is 0 Å². The van der Waals surface area contributed by atoms with E-state index in [1.54, 1.807) is 48.5 Å². The van der Waals surface area contributed by atoms with Gasteiger partial charge in [0.25, 0.3) is 0 Å². The molecule has 0 spiro atoms. The molecule has 12 heteroatoms. The lowest BCUT2D eigenvalue weighted by molar-refractivity contribution is -0.138. The molecular weight excluding hydrogens is 490 g/mol. The lowest BCUT2D eigenvalue weighted by Gasteiger charge is -2.19. The van der Waals surface area contributed by atoms with Crippen molar-refractivity contribution in [3.63, 3.8) is 0 Å². The number of carboxylic acids is 2. The molecule has 176 valence electrons. The van der Waals surface area contributed by atoms with E-state index in [1.807, 2.05) is 0 Å². The fourth-order valence-corrected chi connectivity index (χ4v) is 2.60. The molecule has 0 aromatic heterocycles. The normalized spacial score (nSPS) is 11.1. The van der Waals surface area contributed by atoms with Crippen LogP contribution in [0.4, 0.5) is 22.7 Å². The molecule has 2 aromatic rings. The number of hydrogen-bond donors (Lipinski definition) is 6. The first-order chi connectivity index (χ1) is 12.8. The van der Waals surface area contributed by atoms with Gasteiger partial charge < -0.3 is 32.3 Å². The van der Waals surface area contributed by atoms with Gasteiger partial charge in [-0.3, -0.25) is 0 Å². The molecule has 0 bridgehead atoms. The largest absolute Gasteiger partial charge is 0.480 e. The maximum Gasteiger partial charge on any atom is 0.326 e. The Bertz CT molecular complexity index is 714. The predicted molar refractivity (Wildman–Crippen MR) is 135 cm³/mol. The highest BCUT2D eigenvalue weighted by Crippen LogP contribution is 2.17. The highest BCUT2D eigenvalue weighted by Gasteiger charge is 2.21. The molecule has 2 atom stereocenters. The van der Waals surface area contributed by atoms with Crippen molar-refractivity contribution in [1.29, 1.82) is 0 Å². The fourth-order valence-electron chi connectivity index (χ4n) is 2.60. The number of carboxylic acid groups (broad SMARTS) is 2. The van der Waals surface area contributed by atoms with Crippen molar-refractivity contribution in [3.8, 4) is 0 Å². The molecule has 0 aliphatic rings. The first kappa shape index (κ1) is 33.4. The molecule has 0 aliphatic heterocycles. The molecule has 2 unspecified atom stereocenters. The van der Waals surface area contributed by atoms with Crippen molar-refractivity contribution in [2.45, 2.75) is 31.3 Å². The molecule has 0 heterocycles. The molecular formula is C19H28Cl4N4O4. The van der Waals surface area contributed by atoms with Crippen molar-refractivity contribution < 1.29 is 19.8 Å². The average molecular weight is 518 g/mol. The second kappa shape index (κ2) is 16.4. The van der Waals surface area contributed by atoms with Crippen molar-refractivity contribution in [1.82, 2.24) is 0 Å². The third-order valence-electron chi connectivity index (χ3n) is 4.08. The van der Waals surface area contributed by atoms with E-state index in [0.29, 0.717) is 29.2 Å². The lowest BCUT2D eigenvalue weighted by Crippen LogP contribution is -2.32. The van der Waals surface area contributed by atoms with Crippen LogP contribution in [0.15, 0.2) is 48.5 Å². The van der Waals surface area contributed by atoms with E-state index in [0.717, 1.165) is 0 Å². The fraction of sp³-hybridized carbons (Fsp3) is 0.263. The Morgan fingerprint density at radius 1 is 0.677 bits per heavy atom. The summed E-state index contributed by atoms with van der Waals surface area (Å²) in [6.07, 6.45) is 0.984. The van der Waals surface area contributed by atoms with E-state index in [9.17, 15) is 19.8 Å². The molecule has 8 nitrogen and oxygen atoms in total. The first-order valence-corrected chi connectivity index (χ1v) is 8.55. The number of hydrogen-bond acceptors (Lipinski definition) is 6. The molecule has 0 saturated heterocycles. The summed E-state index contributed by atoms with van der Waals surface area (Å²) < 4.78 is 0. The van der Waals surface area contributed by atoms with Gasteiger partial charge in [0, 0.05) is 22.7 Å². The Morgan fingerprint density at radius 3 is 1.23 bits per heavy atom. The summed E-state index contributed by atoms with van der Waals surface area (Å²) in [5.41, 5.74) is 13.7. The van der Waals surface area contributed by atoms with E-state index in [-0.39, 0.29) is 62.5 Å². The summed E-state index contributed by atoms with van der Waals surface area (Å²) in [6.45, 7) is 0. The summed E-state index contributed by atoms with van der Waals surface area (Å²) in [5, 5.41) is 24.6. The number of anilines is 4. The van der Waals surface area contributed by atoms with Gasteiger partial charge in [0.15, 0.2) is 0 Å². The van der Waals surface area contributed by atoms with Crippen LogP contribution >= 0.6 is 49.6 Å². The van der Waals surface area contributed by atoms with Gasteiger partial charge >= 0.3 is 11.9 Å². The van der Waals surface area contributed by atoms with Crippen molar-refractivity contribution >= 4 is 84.3 Å². The average Bonchev–Trinajstić information content (AvgIpc) is 2.63. The van der Waals surface area contributed by atoms with Crippen LogP contribution < -0.4 is 22.1 Å². The minimum absolute atomic E-state index is 0. The number of carbonyl (C=O) groups is 2. The highest BCUT2D eigenvalue weighted by molar-refractivity contribution is 5.86. The predicted octanol–water partition coefficient (Wildman–Crippen LogP) is 4.14. The quantitative estimate of drug-likeness (QED) is 0.257. The molecule has 0 radical (unpaired) electrons. The van der Waals surface area contributed by atoms with Crippen LogP contribution in [-0.2, 0) is 9.59 Å². The summed E-state index contributed by atoms with van der Waals surface area (Å²) in [6, 6.07) is 11.9. The Morgan fingerprint density at radius 2 is 0.968 bits per heavy atom. The van der Waals surface area contributed by atoms with Gasteiger partial charge in [-0.15, -0.1) is 49.6 Å². The van der Waals surface area contributed by atoms with E-state index in [1.165, 1.54) is 0 Å². The van der Waals surface area contributed by atoms with Crippen molar-refractivity contribution in [3.05, 3.63) is 48.5 Å². The minimum Gasteiger partial charge on any atom is -0.480 e. The van der Waals surface area contributed by atoms with Crippen LogP contribution in [0, 0.1) is 0 Å². The van der Waals surface area contributed by atoms with Crippen molar-refractivity contribution in [2.75, 3.05) is 22.1 Å². The van der Waals surface area contributed by atoms with Gasteiger partial charge in [-0.25, -0.2) is 9.59 Å². The molecule has 2 rings (SSSR count). The van der Waals surface area contributed by atoms with Crippen LogP contribution in [0.5, 0.6) is 0 Å². The van der Waals surface area contributed by atoms with Gasteiger partial charge in [0.2, 0.25) is 0 Å². The van der Waals surface area contributed by atoms with Gasteiger partial charge in [-0.05, 0) is 67.8 Å². The zero-order chi connectivity index (χ0) is 19.8. The monoisotopic (exact) mass is 516 g/mol. The summed E-state index contributed by atoms with van der Waals surface area (Å²) >= 11 is 0. The van der Waals surface area contributed by atoms with E-state index >= 15 is 0 Å². The number of halogens is 4. The zero-order valence-corrected chi connectivity index (χ0v) is 19.7. The second-order valence-electron chi connectivity index (χ2n) is 6.25. The third-order valence-corrected chi connectivity index (χ3v) is 4.08. The Hall–Kier alpha value is -2.26. The molecule has 0 aliphatic carbocycles. The maximum atomic E-state index is 11.5. The van der Waals surface area contributed by atoms with E-state index in [4.69, 9.17) is 11.5 Å². The van der Waals surface area contributed by atoms with Gasteiger partial charge in [-0.1, -0.05) is 0 Å². The SMILES string of the molecule is Cl.Cl.Cl.Cl.Nc1ccc(NC(CCCC(Nc2ccc(N)cc2)C(=O)O)C(=O)O)cc1. The smallest absolute Gasteiger partial charge is 0.326 e. The Balaban J connectivity index is -0.00000196. The topological polar surface area (TPSA) is 151 Å². The van der Waals surface area contributed by atoms with E-state index in [2.05, 4.69) is 10.6 Å². The number of benzene rings is 2. The lowest BCUT2D eigenvalue weighted by atomic mass is 10.0. The minimum atomic E-state index is -0.995. The summed E-state index contributed by atoms with van der Waals surface area (Å²) in [4.78, 5) is 22.9. The zero-order valence-electron chi connectivity index (χ0n) is 16.4. The third kappa shape index (κ3) is 11.6. The first-order valence-electron chi connectivity index (χ1n) is 8.55. The van der Waals surface area contributed by atoms with Crippen LogP contribution in [-0.4, -0.2) is 34.2 Å². The Kier molecular flexibility index (Phi) is 17.7. The Labute approximate surface area is 205 Å². The number of nitrogens with two attached hydrogens (primary N) is 2. The number of rotatable bonds is 10. The van der Waals surface area contributed by atoms with Gasteiger partial charge in [0.05, 0.1) is 0 Å². The molecule has 2 aromatic carbocycles. The number of nitrogen functional groups attached to an aromatic ring is 2. The second-order valence-corrected chi connectivity index (χ2v) is 6.25. The van der Waals surface area contributed by atoms with Crippen LogP contribution in [0.25, 0.3) is 0 Å². The highest BCUT2D eigenvalue weighted by atomic mass is 35.5. The molecule has 31 heavy (non-hydrogen) atoms. The molecule has 0 saturated carbocycles. The van der Waals surface area contributed by atoms with Crippen molar-refractivity contribution in [2.24, 2.45) is 0 Å². The number of nitrogens with one attached hydrogen (secondary N) is 2. The summed E-state index contributed by atoms with van der Waals surface area (Å²) in [5.74, 6) is -1.99. The van der Waals surface area contributed by atoms with E-state index < -0.39 is 24.0 Å². The maximum absolute atomic E-state index is 11.5. The number of aliphatic carboxylic acids is 2. The summed E-state index contributed by atoms with van der Waals surface area (Å²) in [7, 11) is 0. The van der Waals surface area contributed by atoms with Crippen LogP contribution in [0.2, 0.25) is 0 Å². The molecule has 0 amide bonds. The van der Waals surface area contributed by atoms with Gasteiger partial charge in [0.1, 0.15) is 12.1 Å². The van der Waals surface area contributed by atoms with Crippen LogP contribution in [0.1, 0.15) is 19.3 Å².